The summed E-state index contributed by atoms with van der Waals surface area (Å²) in [4.78, 5) is 33.1. The van der Waals surface area contributed by atoms with Crippen LogP contribution >= 0.6 is 0 Å². The summed E-state index contributed by atoms with van der Waals surface area (Å²) in [6, 6.07) is 0. The average molecular weight is 386 g/mol. The predicted molar refractivity (Wildman–Crippen MR) is 101 cm³/mol. The number of rotatable bonds is 16. The molecule has 0 radical (unpaired) electrons. The summed E-state index contributed by atoms with van der Waals surface area (Å²) in [7, 11) is 5.74. The molecular weight excluding hydrogens is 350 g/mol. The van der Waals surface area contributed by atoms with Crippen LogP contribution in [0, 0.1) is 0 Å². The molecule has 0 saturated carbocycles. The number of hydrogen-bond donors (Lipinski definition) is 1. The summed E-state index contributed by atoms with van der Waals surface area (Å²) in [5.41, 5.74) is 0. The van der Waals surface area contributed by atoms with Crippen molar-refractivity contribution in [1.29, 1.82) is 0 Å². The van der Waals surface area contributed by atoms with Crippen molar-refractivity contribution in [3.05, 3.63) is 12.2 Å². The van der Waals surface area contributed by atoms with Crippen LogP contribution in [0.1, 0.15) is 64.2 Å². The summed E-state index contributed by atoms with van der Waals surface area (Å²) in [6.07, 6.45) is 9.78. The molecule has 0 aromatic carbocycles. The van der Waals surface area contributed by atoms with E-state index in [4.69, 9.17) is 9.84 Å². The lowest BCUT2D eigenvalue weighted by Gasteiger charge is -2.29. The SMILES string of the molecule is C[N+](C)(C)CC(CC(=O)[O-])OC(=O)CCCCCCC/C=C/CCC(=O)O. The van der Waals surface area contributed by atoms with Crippen LogP contribution < -0.4 is 5.11 Å². The Hall–Kier alpha value is -1.89. The van der Waals surface area contributed by atoms with Crippen LogP contribution in [-0.2, 0) is 19.1 Å². The van der Waals surface area contributed by atoms with Gasteiger partial charge < -0.3 is 24.2 Å². The van der Waals surface area contributed by atoms with Gasteiger partial charge in [-0.15, -0.1) is 0 Å². The van der Waals surface area contributed by atoms with Gasteiger partial charge in [0.25, 0.3) is 0 Å². The molecule has 0 amide bonds. The lowest BCUT2D eigenvalue weighted by atomic mass is 10.1. The molecule has 0 aliphatic rings. The molecule has 0 rings (SSSR count). The van der Waals surface area contributed by atoms with Crippen LogP contribution in [-0.4, -0.2) is 61.3 Å². The van der Waals surface area contributed by atoms with Crippen molar-refractivity contribution in [3.8, 4) is 0 Å². The molecule has 7 heteroatoms. The molecule has 156 valence electrons. The Balaban J connectivity index is 3.79. The Bertz CT molecular complexity index is 481. The molecule has 0 aliphatic heterocycles. The summed E-state index contributed by atoms with van der Waals surface area (Å²) in [5.74, 6) is -2.34. The normalized spacial score (nSPS) is 12.9. The van der Waals surface area contributed by atoms with Gasteiger partial charge in [-0.3, -0.25) is 9.59 Å². The van der Waals surface area contributed by atoms with Crippen molar-refractivity contribution < 1.29 is 33.8 Å². The van der Waals surface area contributed by atoms with E-state index in [0.717, 1.165) is 38.5 Å². The van der Waals surface area contributed by atoms with E-state index in [1.165, 1.54) is 0 Å². The zero-order valence-electron chi connectivity index (χ0n) is 16.9. The number of carbonyl (C=O) groups excluding carboxylic acids is 2. The quantitative estimate of drug-likeness (QED) is 0.188. The van der Waals surface area contributed by atoms with Gasteiger partial charge >= 0.3 is 11.9 Å². The van der Waals surface area contributed by atoms with Crippen LogP contribution in [0.4, 0.5) is 0 Å². The Labute approximate surface area is 162 Å². The average Bonchev–Trinajstić information content (AvgIpc) is 2.49. The topological polar surface area (TPSA) is 104 Å². The largest absolute Gasteiger partial charge is 0.550 e. The molecule has 1 N–H and O–H groups in total. The standard InChI is InChI=1S/C20H35NO6/c1-21(2,3)16-17(15-19(24)25)27-20(26)14-12-10-8-6-4-5-7-9-11-13-18(22)23/h7,9,17H,4-6,8,10-16H2,1-3H3,(H-,22,23,24,25)/b9-7+. The first-order valence-corrected chi connectivity index (χ1v) is 9.66. The molecule has 0 heterocycles. The monoisotopic (exact) mass is 385 g/mol. The fraction of sp³-hybridized carbons (Fsp3) is 0.750. The first-order valence-electron chi connectivity index (χ1n) is 9.66. The number of allylic oxidation sites excluding steroid dienone is 2. The zero-order valence-corrected chi connectivity index (χ0v) is 16.9. The second-order valence-electron chi connectivity index (χ2n) is 7.87. The third-order valence-corrected chi connectivity index (χ3v) is 3.89. The molecule has 0 aromatic heterocycles. The molecule has 0 fully saturated rings. The van der Waals surface area contributed by atoms with E-state index >= 15 is 0 Å². The predicted octanol–water partition coefficient (Wildman–Crippen LogP) is 1.90. The number of quaternary nitrogens is 1. The van der Waals surface area contributed by atoms with Gasteiger partial charge in [-0.2, -0.15) is 0 Å². The minimum absolute atomic E-state index is 0.172. The highest BCUT2D eigenvalue weighted by molar-refractivity contribution is 5.70. The number of ether oxygens (including phenoxy) is 1. The smallest absolute Gasteiger partial charge is 0.306 e. The van der Waals surface area contributed by atoms with Gasteiger partial charge in [0, 0.05) is 25.2 Å². The minimum Gasteiger partial charge on any atom is -0.550 e. The number of likely N-dealkylation sites (N-methyl/N-ethyl adjacent to an activating group) is 1. The van der Waals surface area contributed by atoms with E-state index in [1.807, 2.05) is 33.3 Å². The molecule has 1 unspecified atom stereocenters. The third kappa shape index (κ3) is 18.7. The maximum absolute atomic E-state index is 11.9. The van der Waals surface area contributed by atoms with Crippen molar-refractivity contribution in [3.63, 3.8) is 0 Å². The Kier molecular flexibility index (Phi) is 13.2. The highest BCUT2D eigenvalue weighted by atomic mass is 16.5. The molecule has 1 atom stereocenters. The maximum atomic E-state index is 11.9. The third-order valence-electron chi connectivity index (χ3n) is 3.89. The highest BCUT2D eigenvalue weighted by Gasteiger charge is 2.22. The van der Waals surface area contributed by atoms with Crippen LogP contribution in [0.25, 0.3) is 0 Å². The summed E-state index contributed by atoms with van der Waals surface area (Å²) >= 11 is 0. The van der Waals surface area contributed by atoms with Crippen molar-refractivity contribution >= 4 is 17.9 Å². The first-order chi connectivity index (χ1) is 12.6. The van der Waals surface area contributed by atoms with Crippen LogP contribution in [0.3, 0.4) is 0 Å². The van der Waals surface area contributed by atoms with Gasteiger partial charge in [0.15, 0.2) is 6.10 Å². The van der Waals surface area contributed by atoms with Gasteiger partial charge in [0.05, 0.1) is 21.1 Å². The zero-order chi connectivity index (χ0) is 20.7. The molecule has 0 aromatic rings. The lowest BCUT2D eigenvalue weighted by Crippen LogP contribution is -2.45. The van der Waals surface area contributed by atoms with Crippen LogP contribution in [0.15, 0.2) is 12.2 Å². The molecule has 0 saturated heterocycles. The van der Waals surface area contributed by atoms with Crippen LogP contribution in [0.2, 0.25) is 0 Å². The van der Waals surface area contributed by atoms with Gasteiger partial charge in [0.2, 0.25) is 0 Å². The van der Waals surface area contributed by atoms with Crippen molar-refractivity contribution in [2.45, 2.75) is 70.3 Å². The van der Waals surface area contributed by atoms with E-state index in [9.17, 15) is 19.5 Å². The summed E-state index contributed by atoms with van der Waals surface area (Å²) in [6.45, 7) is 0.430. The Morgan fingerprint density at radius 2 is 1.56 bits per heavy atom. The molecular formula is C20H35NO6. The second-order valence-corrected chi connectivity index (χ2v) is 7.87. The Morgan fingerprint density at radius 1 is 0.963 bits per heavy atom. The minimum atomic E-state index is -1.21. The van der Waals surface area contributed by atoms with E-state index in [2.05, 4.69) is 0 Å². The van der Waals surface area contributed by atoms with E-state index < -0.39 is 18.0 Å². The van der Waals surface area contributed by atoms with Crippen molar-refractivity contribution in [2.24, 2.45) is 0 Å². The van der Waals surface area contributed by atoms with E-state index in [1.54, 1.807) is 0 Å². The van der Waals surface area contributed by atoms with Gasteiger partial charge in [-0.25, -0.2) is 0 Å². The maximum Gasteiger partial charge on any atom is 0.306 e. The Morgan fingerprint density at radius 3 is 2.15 bits per heavy atom. The van der Waals surface area contributed by atoms with Crippen molar-refractivity contribution in [1.82, 2.24) is 0 Å². The van der Waals surface area contributed by atoms with Crippen molar-refractivity contribution in [2.75, 3.05) is 27.7 Å². The summed E-state index contributed by atoms with van der Waals surface area (Å²) < 4.78 is 5.82. The number of esters is 1. The fourth-order valence-electron chi connectivity index (χ4n) is 2.69. The number of carbonyl (C=O) groups is 3. The highest BCUT2D eigenvalue weighted by Crippen LogP contribution is 2.11. The fourth-order valence-corrected chi connectivity index (χ4v) is 2.69. The van der Waals surface area contributed by atoms with Crippen LogP contribution in [0.5, 0.6) is 0 Å². The number of carboxylic acids is 2. The van der Waals surface area contributed by atoms with Gasteiger partial charge in [0.1, 0.15) is 6.54 Å². The number of nitrogens with zero attached hydrogens (tertiary/aromatic N) is 1. The second kappa shape index (κ2) is 14.2. The number of hydrogen-bond acceptors (Lipinski definition) is 5. The number of aliphatic carboxylic acids is 2. The molecule has 0 bridgehead atoms. The molecule has 0 aliphatic carbocycles. The first kappa shape index (κ1) is 25.1. The number of carboxylic acid groups (broad SMARTS) is 2. The van der Waals surface area contributed by atoms with Gasteiger partial charge in [-0.1, -0.05) is 31.4 Å². The van der Waals surface area contributed by atoms with E-state index in [0.29, 0.717) is 23.9 Å². The number of unbranched alkanes of at least 4 members (excludes halogenated alkanes) is 5. The summed E-state index contributed by atoms with van der Waals surface area (Å²) in [5, 5.41) is 19.3. The lowest BCUT2D eigenvalue weighted by molar-refractivity contribution is -0.873. The molecule has 27 heavy (non-hydrogen) atoms. The van der Waals surface area contributed by atoms with Gasteiger partial charge in [-0.05, 0) is 25.7 Å². The molecule has 0 spiro atoms. The molecule has 7 nitrogen and oxygen atoms in total. The van der Waals surface area contributed by atoms with E-state index in [-0.39, 0.29) is 18.8 Å².